The van der Waals surface area contributed by atoms with Crippen molar-refractivity contribution in [1.82, 2.24) is 10.3 Å². The standard InChI is InChI=1S/C16H19N3/c1-19(2)14-6-5-12-7-9-18-16(15(12)10-14)13-4-3-8-17-11-13/h3-6,8,10-11,16,18H,7,9H2,1-2H3. The third-order valence-electron chi connectivity index (χ3n) is 3.72. The number of pyridine rings is 1. The van der Waals surface area contributed by atoms with E-state index in [1.165, 1.54) is 22.4 Å². The Hall–Kier alpha value is -1.87. The molecule has 1 aliphatic rings. The van der Waals surface area contributed by atoms with E-state index in [4.69, 9.17) is 0 Å². The van der Waals surface area contributed by atoms with Crippen LogP contribution < -0.4 is 10.2 Å². The third kappa shape index (κ3) is 2.34. The fourth-order valence-electron chi connectivity index (χ4n) is 2.66. The van der Waals surface area contributed by atoms with E-state index in [2.05, 4.69) is 53.6 Å². The van der Waals surface area contributed by atoms with E-state index in [-0.39, 0.29) is 6.04 Å². The van der Waals surface area contributed by atoms with Gasteiger partial charge in [0.05, 0.1) is 6.04 Å². The molecule has 0 saturated heterocycles. The molecule has 98 valence electrons. The highest BCUT2D eigenvalue weighted by Gasteiger charge is 2.21. The van der Waals surface area contributed by atoms with E-state index in [1.54, 1.807) is 0 Å². The van der Waals surface area contributed by atoms with Crippen LogP contribution in [0.2, 0.25) is 0 Å². The summed E-state index contributed by atoms with van der Waals surface area (Å²) in [4.78, 5) is 6.39. The first-order valence-corrected chi connectivity index (χ1v) is 6.69. The van der Waals surface area contributed by atoms with E-state index in [0.717, 1.165) is 13.0 Å². The zero-order valence-electron chi connectivity index (χ0n) is 11.4. The largest absolute Gasteiger partial charge is 0.378 e. The van der Waals surface area contributed by atoms with E-state index in [9.17, 15) is 0 Å². The van der Waals surface area contributed by atoms with Gasteiger partial charge in [-0.25, -0.2) is 0 Å². The minimum Gasteiger partial charge on any atom is -0.378 e. The summed E-state index contributed by atoms with van der Waals surface area (Å²) in [5.41, 5.74) is 5.30. The summed E-state index contributed by atoms with van der Waals surface area (Å²) in [6.45, 7) is 1.02. The Morgan fingerprint density at radius 3 is 2.89 bits per heavy atom. The maximum absolute atomic E-state index is 4.24. The highest BCUT2D eigenvalue weighted by atomic mass is 15.1. The van der Waals surface area contributed by atoms with E-state index in [0.29, 0.717) is 0 Å². The van der Waals surface area contributed by atoms with Gasteiger partial charge in [0.1, 0.15) is 0 Å². The zero-order chi connectivity index (χ0) is 13.2. The first kappa shape index (κ1) is 12.2. The fourth-order valence-corrected chi connectivity index (χ4v) is 2.66. The van der Waals surface area contributed by atoms with Crippen LogP contribution in [0, 0.1) is 0 Å². The molecule has 1 aromatic carbocycles. The summed E-state index contributed by atoms with van der Waals surface area (Å²) in [7, 11) is 4.16. The number of aromatic nitrogens is 1. The Balaban J connectivity index is 2.05. The van der Waals surface area contributed by atoms with Gasteiger partial charge in [-0.1, -0.05) is 12.1 Å². The Morgan fingerprint density at radius 1 is 1.26 bits per heavy atom. The molecule has 0 fully saturated rings. The fraction of sp³-hybridized carbons (Fsp3) is 0.312. The number of nitrogens with zero attached hydrogens (tertiary/aromatic N) is 2. The lowest BCUT2D eigenvalue weighted by molar-refractivity contribution is 0.566. The molecule has 0 radical (unpaired) electrons. The maximum Gasteiger partial charge on any atom is 0.0595 e. The molecule has 3 nitrogen and oxygen atoms in total. The van der Waals surface area contributed by atoms with Crippen LogP contribution in [0.15, 0.2) is 42.7 Å². The summed E-state index contributed by atoms with van der Waals surface area (Å²) in [6, 6.07) is 11.2. The molecule has 2 heterocycles. The van der Waals surface area contributed by atoms with Gasteiger partial charge >= 0.3 is 0 Å². The smallest absolute Gasteiger partial charge is 0.0595 e. The number of hydrogen-bond acceptors (Lipinski definition) is 3. The SMILES string of the molecule is CN(C)c1ccc2c(c1)C(c1cccnc1)NCC2. The number of anilines is 1. The number of rotatable bonds is 2. The lowest BCUT2D eigenvalue weighted by Crippen LogP contribution is -2.30. The first-order valence-electron chi connectivity index (χ1n) is 6.69. The van der Waals surface area contributed by atoms with Crippen LogP contribution in [0.3, 0.4) is 0 Å². The van der Waals surface area contributed by atoms with Crippen LogP contribution in [0.25, 0.3) is 0 Å². The number of benzene rings is 1. The van der Waals surface area contributed by atoms with Crippen molar-refractivity contribution in [3.63, 3.8) is 0 Å². The van der Waals surface area contributed by atoms with Crippen molar-refractivity contribution in [2.24, 2.45) is 0 Å². The Morgan fingerprint density at radius 2 is 2.16 bits per heavy atom. The summed E-state index contributed by atoms with van der Waals surface area (Å²) >= 11 is 0. The van der Waals surface area contributed by atoms with Gasteiger partial charge in [0.2, 0.25) is 0 Å². The molecular formula is C16H19N3. The second-order valence-electron chi connectivity index (χ2n) is 5.20. The van der Waals surface area contributed by atoms with Gasteiger partial charge in [0, 0.05) is 38.7 Å². The second kappa shape index (κ2) is 5.02. The molecule has 0 saturated carbocycles. The molecule has 19 heavy (non-hydrogen) atoms. The van der Waals surface area contributed by atoms with Gasteiger partial charge in [-0.2, -0.15) is 0 Å². The van der Waals surface area contributed by atoms with E-state index < -0.39 is 0 Å². The summed E-state index contributed by atoms with van der Waals surface area (Å²) < 4.78 is 0. The van der Waals surface area contributed by atoms with Crippen molar-refractivity contribution in [2.75, 3.05) is 25.5 Å². The maximum atomic E-state index is 4.24. The molecule has 0 amide bonds. The zero-order valence-corrected chi connectivity index (χ0v) is 11.4. The number of nitrogens with one attached hydrogen (secondary N) is 1. The topological polar surface area (TPSA) is 28.2 Å². The molecular weight excluding hydrogens is 234 g/mol. The minimum absolute atomic E-state index is 0.261. The van der Waals surface area contributed by atoms with Gasteiger partial charge < -0.3 is 10.2 Å². The lowest BCUT2D eigenvalue weighted by atomic mass is 9.90. The molecule has 0 aliphatic carbocycles. The van der Waals surface area contributed by atoms with Crippen molar-refractivity contribution in [2.45, 2.75) is 12.5 Å². The Labute approximate surface area is 114 Å². The second-order valence-corrected chi connectivity index (χ2v) is 5.20. The molecule has 1 unspecified atom stereocenters. The predicted octanol–water partition coefficient (Wildman–Crippen LogP) is 2.38. The summed E-state index contributed by atoms with van der Waals surface area (Å²) in [6.07, 6.45) is 4.87. The average molecular weight is 253 g/mol. The molecule has 2 aromatic rings. The van der Waals surface area contributed by atoms with Crippen molar-refractivity contribution < 1.29 is 0 Å². The van der Waals surface area contributed by atoms with Gasteiger partial charge in [-0.05, 0) is 41.3 Å². The molecule has 3 heteroatoms. The van der Waals surface area contributed by atoms with Crippen LogP contribution in [0.5, 0.6) is 0 Å². The van der Waals surface area contributed by atoms with Crippen molar-refractivity contribution in [3.05, 3.63) is 59.4 Å². The first-order chi connectivity index (χ1) is 9.25. The lowest BCUT2D eigenvalue weighted by Gasteiger charge is -2.28. The normalized spacial score (nSPS) is 17.9. The average Bonchev–Trinajstić information content (AvgIpc) is 2.47. The van der Waals surface area contributed by atoms with Crippen LogP contribution in [-0.2, 0) is 6.42 Å². The summed E-state index contributed by atoms with van der Waals surface area (Å²) in [5.74, 6) is 0. The van der Waals surface area contributed by atoms with E-state index in [1.807, 2.05) is 18.5 Å². The Bertz CT molecular complexity index is 563. The van der Waals surface area contributed by atoms with Crippen LogP contribution in [0.1, 0.15) is 22.7 Å². The monoisotopic (exact) mass is 253 g/mol. The highest BCUT2D eigenvalue weighted by molar-refractivity contribution is 5.53. The molecule has 1 aromatic heterocycles. The summed E-state index contributed by atoms with van der Waals surface area (Å²) in [5, 5.41) is 3.60. The van der Waals surface area contributed by atoms with Crippen molar-refractivity contribution in [1.29, 1.82) is 0 Å². The predicted molar refractivity (Wildman–Crippen MR) is 78.6 cm³/mol. The van der Waals surface area contributed by atoms with Crippen LogP contribution in [0.4, 0.5) is 5.69 Å². The quantitative estimate of drug-likeness (QED) is 0.890. The van der Waals surface area contributed by atoms with E-state index >= 15 is 0 Å². The van der Waals surface area contributed by atoms with Gasteiger partial charge in [0.15, 0.2) is 0 Å². The molecule has 0 spiro atoms. The highest BCUT2D eigenvalue weighted by Crippen LogP contribution is 2.31. The van der Waals surface area contributed by atoms with Crippen LogP contribution >= 0.6 is 0 Å². The van der Waals surface area contributed by atoms with Gasteiger partial charge in [0.25, 0.3) is 0 Å². The third-order valence-corrected chi connectivity index (χ3v) is 3.72. The minimum atomic E-state index is 0.261. The van der Waals surface area contributed by atoms with Crippen molar-refractivity contribution >= 4 is 5.69 Å². The number of fused-ring (bicyclic) bond motifs is 1. The Kier molecular flexibility index (Phi) is 3.22. The molecule has 1 atom stereocenters. The molecule has 1 N–H and O–H groups in total. The molecule has 0 bridgehead atoms. The van der Waals surface area contributed by atoms with Crippen molar-refractivity contribution in [3.8, 4) is 0 Å². The van der Waals surface area contributed by atoms with Crippen LogP contribution in [-0.4, -0.2) is 25.6 Å². The number of hydrogen-bond donors (Lipinski definition) is 1. The van der Waals surface area contributed by atoms with Gasteiger partial charge in [-0.15, -0.1) is 0 Å². The molecule has 1 aliphatic heterocycles. The molecule has 3 rings (SSSR count). The van der Waals surface area contributed by atoms with Gasteiger partial charge in [-0.3, -0.25) is 4.98 Å².